The second-order valence-electron chi connectivity index (χ2n) is 2.80. The van der Waals surface area contributed by atoms with E-state index in [2.05, 4.69) is 12.2 Å². The first-order valence-corrected chi connectivity index (χ1v) is 4.90. The molecule has 2 nitrogen and oxygen atoms in total. The third-order valence-corrected chi connectivity index (χ3v) is 1.81. The number of rotatable bonds is 7. The Morgan fingerprint density at radius 1 is 1.50 bits per heavy atom. The average molecular weight is 192 g/mol. The molecule has 0 aliphatic rings. The number of alkyl halides is 1. The van der Waals surface area contributed by atoms with Crippen molar-refractivity contribution in [2.24, 2.45) is 0 Å². The number of aliphatic hydroxyl groups excluding tert-OH is 1. The summed E-state index contributed by atoms with van der Waals surface area (Å²) in [6.45, 7) is 3.26. The van der Waals surface area contributed by atoms with Gasteiger partial charge in [-0.1, -0.05) is 12.2 Å². The quantitative estimate of drug-likeness (QED) is 0.473. The molecule has 72 valence electrons. The Balaban J connectivity index is 3.18. The van der Waals surface area contributed by atoms with Crippen LogP contribution in [0.5, 0.6) is 0 Å². The van der Waals surface area contributed by atoms with Crippen LogP contribution in [0.1, 0.15) is 19.8 Å². The van der Waals surface area contributed by atoms with Gasteiger partial charge >= 0.3 is 0 Å². The lowest BCUT2D eigenvalue weighted by molar-refractivity contribution is 0.277. The van der Waals surface area contributed by atoms with Crippen LogP contribution in [0.4, 0.5) is 0 Å². The molecule has 0 heterocycles. The topological polar surface area (TPSA) is 32.3 Å². The highest BCUT2D eigenvalue weighted by atomic mass is 35.5. The van der Waals surface area contributed by atoms with Gasteiger partial charge in [0.25, 0.3) is 0 Å². The van der Waals surface area contributed by atoms with E-state index >= 15 is 0 Å². The third-order valence-electron chi connectivity index (χ3n) is 1.64. The maximum Gasteiger partial charge on any atom is 0.0431 e. The molecule has 0 aromatic heterocycles. The Morgan fingerprint density at radius 3 is 2.83 bits per heavy atom. The molecule has 0 aromatic rings. The van der Waals surface area contributed by atoms with E-state index < -0.39 is 0 Å². The van der Waals surface area contributed by atoms with Crippen molar-refractivity contribution in [2.45, 2.75) is 25.8 Å². The fraction of sp³-hybridized carbons (Fsp3) is 0.778. The maximum atomic E-state index is 8.57. The molecule has 0 radical (unpaired) electrons. The predicted molar refractivity (Wildman–Crippen MR) is 53.6 cm³/mol. The van der Waals surface area contributed by atoms with Gasteiger partial charge in [-0.15, -0.1) is 11.6 Å². The third kappa shape index (κ3) is 8.05. The summed E-state index contributed by atoms with van der Waals surface area (Å²) in [6, 6.07) is 0.470. The molecule has 0 saturated heterocycles. The first-order chi connectivity index (χ1) is 5.81. The Morgan fingerprint density at radius 2 is 2.25 bits per heavy atom. The van der Waals surface area contributed by atoms with Crippen molar-refractivity contribution in [1.29, 1.82) is 0 Å². The zero-order valence-electron chi connectivity index (χ0n) is 7.59. The van der Waals surface area contributed by atoms with Gasteiger partial charge in [-0.05, 0) is 19.8 Å². The molecule has 0 fully saturated rings. The molecule has 0 saturated carbocycles. The van der Waals surface area contributed by atoms with Crippen LogP contribution in [0.3, 0.4) is 0 Å². The summed E-state index contributed by atoms with van der Waals surface area (Å²) in [4.78, 5) is 0. The number of halogens is 1. The number of nitrogens with one attached hydrogen (secondary N) is 1. The Labute approximate surface area is 79.6 Å². The molecule has 12 heavy (non-hydrogen) atoms. The largest absolute Gasteiger partial charge is 0.396 e. The molecule has 0 rings (SSSR count). The van der Waals surface area contributed by atoms with Crippen LogP contribution in [-0.2, 0) is 0 Å². The van der Waals surface area contributed by atoms with Gasteiger partial charge in [0.2, 0.25) is 0 Å². The van der Waals surface area contributed by atoms with Crippen LogP contribution in [0.15, 0.2) is 12.2 Å². The van der Waals surface area contributed by atoms with Crippen molar-refractivity contribution in [3.63, 3.8) is 0 Å². The summed E-state index contributed by atoms with van der Waals surface area (Å²) in [6.07, 6.45) is 5.83. The van der Waals surface area contributed by atoms with Gasteiger partial charge in [0.15, 0.2) is 0 Å². The van der Waals surface area contributed by atoms with Gasteiger partial charge in [0.1, 0.15) is 0 Å². The lowest BCUT2D eigenvalue weighted by Crippen LogP contribution is -2.26. The smallest absolute Gasteiger partial charge is 0.0431 e. The first-order valence-electron chi connectivity index (χ1n) is 4.36. The van der Waals surface area contributed by atoms with E-state index in [1.54, 1.807) is 0 Å². The van der Waals surface area contributed by atoms with E-state index in [0.717, 1.165) is 19.4 Å². The van der Waals surface area contributed by atoms with Crippen LogP contribution >= 0.6 is 11.6 Å². The number of hydrogen-bond acceptors (Lipinski definition) is 2. The van der Waals surface area contributed by atoms with Crippen LogP contribution in [0.2, 0.25) is 0 Å². The Kier molecular flexibility index (Phi) is 9.00. The molecule has 3 heteroatoms. The predicted octanol–water partition coefficient (Wildman–Crippen LogP) is 1.53. The average Bonchev–Trinajstić information content (AvgIpc) is 2.09. The Hall–Kier alpha value is -0.0500. The number of aliphatic hydroxyl groups is 1. The normalized spacial score (nSPS) is 13.9. The van der Waals surface area contributed by atoms with E-state index in [1.165, 1.54) is 0 Å². The molecule has 1 atom stereocenters. The fourth-order valence-electron chi connectivity index (χ4n) is 0.915. The second-order valence-corrected chi connectivity index (χ2v) is 3.11. The molecular weight excluding hydrogens is 174 g/mol. The summed E-state index contributed by atoms with van der Waals surface area (Å²) in [5.41, 5.74) is 0. The van der Waals surface area contributed by atoms with Crippen molar-refractivity contribution in [1.82, 2.24) is 5.32 Å². The van der Waals surface area contributed by atoms with Crippen molar-refractivity contribution >= 4 is 11.6 Å². The van der Waals surface area contributed by atoms with Gasteiger partial charge < -0.3 is 10.4 Å². The zero-order chi connectivity index (χ0) is 9.23. The minimum absolute atomic E-state index is 0.281. The van der Waals surface area contributed by atoms with Gasteiger partial charge in [-0.3, -0.25) is 0 Å². The fourth-order valence-corrected chi connectivity index (χ4v) is 1.04. The number of hydrogen-bond donors (Lipinski definition) is 2. The minimum Gasteiger partial charge on any atom is -0.396 e. The lowest BCUT2D eigenvalue weighted by Gasteiger charge is -2.10. The summed E-state index contributed by atoms with van der Waals surface area (Å²) in [5.74, 6) is 0.576. The van der Waals surface area contributed by atoms with Crippen molar-refractivity contribution in [2.75, 3.05) is 19.0 Å². The molecule has 0 aliphatic heterocycles. The molecule has 0 bridgehead atoms. The van der Waals surface area contributed by atoms with Crippen LogP contribution in [0, 0.1) is 0 Å². The summed E-state index contributed by atoms with van der Waals surface area (Å²) < 4.78 is 0. The highest BCUT2D eigenvalue weighted by Gasteiger charge is 1.97. The molecule has 0 aromatic carbocycles. The minimum atomic E-state index is 0.281. The molecule has 2 N–H and O–H groups in total. The van der Waals surface area contributed by atoms with Crippen molar-refractivity contribution in [3.8, 4) is 0 Å². The summed E-state index contributed by atoms with van der Waals surface area (Å²) in [5, 5.41) is 11.9. The van der Waals surface area contributed by atoms with E-state index in [4.69, 9.17) is 16.7 Å². The second kappa shape index (κ2) is 9.04. The van der Waals surface area contributed by atoms with E-state index in [-0.39, 0.29) is 6.61 Å². The van der Waals surface area contributed by atoms with Gasteiger partial charge in [0, 0.05) is 25.1 Å². The van der Waals surface area contributed by atoms with Crippen molar-refractivity contribution in [3.05, 3.63) is 12.2 Å². The summed E-state index contributed by atoms with van der Waals surface area (Å²) in [7, 11) is 0. The highest BCUT2D eigenvalue weighted by Crippen LogP contribution is 1.94. The lowest BCUT2D eigenvalue weighted by atomic mass is 10.2. The van der Waals surface area contributed by atoms with Gasteiger partial charge in [-0.25, -0.2) is 0 Å². The molecule has 0 amide bonds. The van der Waals surface area contributed by atoms with E-state index in [9.17, 15) is 0 Å². The Bertz CT molecular complexity index is 117. The van der Waals surface area contributed by atoms with E-state index in [0.29, 0.717) is 11.9 Å². The van der Waals surface area contributed by atoms with Gasteiger partial charge in [-0.2, -0.15) is 0 Å². The van der Waals surface area contributed by atoms with Gasteiger partial charge in [0.05, 0.1) is 0 Å². The first kappa shape index (κ1) is 11.9. The van der Waals surface area contributed by atoms with Crippen LogP contribution in [-0.4, -0.2) is 30.2 Å². The number of allylic oxidation sites excluding steroid dienone is 1. The van der Waals surface area contributed by atoms with Crippen molar-refractivity contribution < 1.29 is 5.11 Å². The monoisotopic (exact) mass is 191 g/mol. The molecule has 1 unspecified atom stereocenters. The maximum absolute atomic E-state index is 8.57. The SMILES string of the molecule is CC(CCCO)NC/C=C/CCl. The standard InChI is InChI=1S/C9H18ClNO/c1-9(5-4-8-12)11-7-3-2-6-10/h2-3,9,11-12H,4-8H2,1H3/b3-2+. The van der Waals surface area contributed by atoms with Crippen LogP contribution in [0.25, 0.3) is 0 Å². The van der Waals surface area contributed by atoms with Crippen LogP contribution < -0.4 is 5.32 Å². The molecule has 0 spiro atoms. The zero-order valence-corrected chi connectivity index (χ0v) is 8.35. The molecule has 0 aliphatic carbocycles. The van der Waals surface area contributed by atoms with E-state index in [1.807, 2.05) is 12.2 Å². The molecular formula is C9H18ClNO. The highest BCUT2D eigenvalue weighted by molar-refractivity contribution is 6.18. The summed E-state index contributed by atoms with van der Waals surface area (Å²) >= 11 is 5.45.